The van der Waals surface area contributed by atoms with Crippen LogP contribution in [-0.4, -0.2) is 19.7 Å². The summed E-state index contributed by atoms with van der Waals surface area (Å²) in [6.07, 6.45) is 0. The first-order valence-corrected chi connectivity index (χ1v) is 6.34. The number of methoxy groups -OCH3 is 1. The van der Waals surface area contributed by atoms with Gasteiger partial charge in [-0.2, -0.15) is 0 Å². The molecule has 0 amide bonds. The summed E-state index contributed by atoms with van der Waals surface area (Å²) in [5, 5.41) is 0. The number of esters is 1. The highest BCUT2D eigenvalue weighted by Crippen LogP contribution is 2.12. The number of hydrogen-bond acceptors (Lipinski definition) is 4. The molecule has 2 aromatic rings. The number of nitrogen functional groups attached to an aromatic ring is 1. The van der Waals surface area contributed by atoms with E-state index >= 15 is 0 Å². The Hall–Kier alpha value is -2.93. The molecular formula is C17H15NO3. The minimum absolute atomic E-state index is 0.104. The molecule has 0 atom stereocenters. The van der Waals surface area contributed by atoms with Gasteiger partial charge in [-0.05, 0) is 48.5 Å². The highest BCUT2D eigenvalue weighted by Gasteiger charge is 2.01. The van der Waals surface area contributed by atoms with Crippen molar-refractivity contribution in [3.63, 3.8) is 0 Å². The molecule has 0 aromatic heterocycles. The normalized spacial score (nSPS) is 9.38. The molecule has 0 bridgehead atoms. The number of carbonyl (C=O) groups is 1. The van der Waals surface area contributed by atoms with E-state index in [1.807, 2.05) is 36.4 Å². The van der Waals surface area contributed by atoms with Crippen LogP contribution in [0, 0.1) is 11.8 Å². The van der Waals surface area contributed by atoms with Gasteiger partial charge in [0.15, 0.2) is 6.61 Å². The molecule has 0 spiro atoms. The molecular weight excluding hydrogens is 266 g/mol. The Morgan fingerprint density at radius 3 is 2.05 bits per heavy atom. The summed E-state index contributed by atoms with van der Waals surface area (Å²) in [5.74, 6) is 6.27. The van der Waals surface area contributed by atoms with Gasteiger partial charge < -0.3 is 15.2 Å². The molecule has 0 aliphatic carbocycles. The van der Waals surface area contributed by atoms with Gasteiger partial charge in [0.1, 0.15) is 5.75 Å². The summed E-state index contributed by atoms with van der Waals surface area (Å²) < 4.78 is 9.75. The third-order valence-electron chi connectivity index (χ3n) is 2.70. The number of benzene rings is 2. The highest BCUT2D eigenvalue weighted by atomic mass is 16.6. The molecule has 2 N–H and O–H groups in total. The van der Waals surface area contributed by atoms with Crippen molar-refractivity contribution in [3.8, 4) is 17.6 Å². The molecule has 2 aromatic carbocycles. The monoisotopic (exact) mass is 281 g/mol. The lowest BCUT2D eigenvalue weighted by atomic mass is 10.1. The molecule has 0 fully saturated rings. The maximum atomic E-state index is 11.0. The summed E-state index contributed by atoms with van der Waals surface area (Å²) in [6.45, 7) is -0.104. The zero-order valence-electron chi connectivity index (χ0n) is 11.6. The molecule has 0 aliphatic rings. The Bertz CT molecular complexity index is 664. The number of rotatable bonds is 3. The zero-order valence-corrected chi connectivity index (χ0v) is 11.6. The van der Waals surface area contributed by atoms with Crippen molar-refractivity contribution in [2.24, 2.45) is 0 Å². The maximum Gasteiger partial charge on any atom is 0.343 e. The van der Waals surface area contributed by atoms with Crippen LogP contribution in [0.2, 0.25) is 0 Å². The van der Waals surface area contributed by atoms with Gasteiger partial charge in [0, 0.05) is 16.8 Å². The van der Waals surface area contributed by atoms with Crippen LogP contribution in [0.3, 0.4) is 0 Å². The fourth-order valence-electron chi connectivity index (χ4n) is 1.55. The van der Waals surface area contributed by atoms with E-state index in [1.54, 1.807) is 12.1 Å². The molecule has 4 nitrogen and oxygen atoms in total. The minimum Gasteiger partial charge on any atom is -0.482 e. The summed E-state index contributed by atoms with van der Waals surface area (Å²) in [4.78, 5) is 11.0. The van der Waals surface area contributed by atoms with Crippen LogP contribution >= 0.6 is 0 Å². The van der Waals surface area contributed by atoms with E-state index in [1.165, 1.54) is 7.11 Å². The number of ether oxygens (including phenoxy) is 2. The van der Waals surface area contributed by atoms with Gasteiger partial charge in [0.05, 0.1) is 7.11 Å². The Labute approximate surface area is 123 Å². The SMILES string of the molecule is COC(=O)COc1ccc(C#Cc2ccc(N)cc2)cc1. The van der Waals surface area contributed by atoms with Crippen molar-refractivity contribution in [1.29, 1.82) is 0 Å². The van der Waals surface area contributed by atoms with E-state index in [-0.39, 0.29) is 6.61 Å². The molecule has 0 heterocycles. The smallest absolute Gasteiger partial charge is 0.343 e. The molecule has 21 heavy (non-hydrogen) atoms. The number of hydrogen-bond donors (Lipinski definition) is 1. The second kappa shape index (κ2) is 7.01. The van der Waals surface area contributed by atoms with E-state index in [0.717, 1.165) is 11.1 Å². The lowest BCUT2D eigenvalue weighted by Crippen LogP contribution is -2.12. The average molecular weight is 281 g/mol. The van der Waals surface area contributed by atoms with Gasteiger partial charge in [0.25, 0.3) is 0 Å². The Morgan fingerprint density at radius 2 is 1.52 bits per heavy atom. The lowest BCUT2D eigenvalue weighted by molar-refractivity contribution is -0.142. The van der Waals surface area contributed by atoms with Crippen molar-refractivity contribution >= 4 is 11.7 Å². The first kappa shape index (κ1) is 14.5. The first-order valence-electron chi connectivity index (χ1n) is 6.34. The summed E-state index contributed by atoms with van der Waals surface area (Å²) in [7, 11) is 1.32. The second-order valence-corrected chi connectivity index (χ2v) is 4.26. The number of nitrogens with two attached hydrogens (primary N) is 1. The van der Waals surface area contributed by atoms with Crippen LogP contribution in [0.1, 0.15) is 11.1 Å². The molecule has 0 aliphatic heterocycles. The van der Waals surface area contributed by atoms with E-state index < -0.39 is 5.97 Å². The van der Waals surface area contributed by atoms with Crippen molar-refractivity contribution in [2.45, 2.75) is 0 Å². The van der Waals surface area contributed by atoms with Crippen LogP contribution in [0.25, 0.3) is 0 Å². The Kier molecular flexibility index (Phi) is 4.84. The third-order valence-corrected chi connectivity index (χ3v) is 2.70. The average Bonchev–Trinajstić information content (AvgIpc) is 2.53. The maximum absolute atomic E-state index is 11.0. The topological polar surface area (TPSA) is 61.5 Å². The van der Waals surface area contributed by atoms with Gasteiger partial charge in [0.2, 0.25) is 0 Å². The van der Waals surface area contributed by atoms with Crippen molar-refractivity contribution in [3.05, 3.63) is 59.7 Å². The van der Waals surface area contributed by atoms with Crippen LogP contribution in [0.15, 0.2) is 48.5 Å². The predicted molar refractivity (Wildman–Crippen MR) is 80.8 cm³/mol. The van der Waals surface area contributed by atoms with Crippen LogP contribution in [-0.2, 0) is 9.53 Å². The van der Waals surface area contributed by atoms with Crippen LogP contribution in [0.4, 0.5) is 5.69 Å². The predicted octanol–water partition coefficient (Wildman–Crippen LogP) is 2.22. The molecule has 106 valence electrons. The van der Waals surface area contributed by atoms with Gasteiger partial charge in [-0.15, -0.1) is 0 Å². The van der Waals surface area contributed by atoms with Crippen molar-refractivity contribution in [2.75, 3.05) is 19.5 Å². The third kappa shape index (κ3) is 4.59. The molecule has 2 rings (SSSR count). The van der Waals surface area contributed by atoms with Crippen LogP contribution < -0.4 is 10.5 Å². The number of carbonyl (C=O) groups excluding carboxylic acids is 1. The van der Waals surface area contributed by atoms with Gasteiger partial charge >= 0.3 is 5.97 Å². The molecule has 0 unspecified atom stereocenters. The Morgan fingerprint density at radius 1 is 1.00 bits per heavy atom. The highest BCUT2D eigenvalue weighted by molar-refractivity contribution is 5.70. The van der Waals surface area contributed by atoms with E-state index in [2.05, 4.69) is 16.6 Å². The second-order valence-electron chi connectivity index (χ2n) is 4.26. The van der Waals surface area contributed by atoms with Gasteiger partial charge in [-0.25, -0.2) is 4.79 Å². The zero-order chi connectivity index (χ0) is 15.1. The Balaban J connectivity index is 1.99. The quantitative estimate of drug-likeness (QED) is 0.532. The molecule has 0 saturated heterocycles. The van der Waals surface area contributed by atoms with Crippen molar-refractivity contribution in [1.82, 2.24) is 0 Å². The van der Waals surface area contributed by atoms with Crippen LogP contribution in [0.5, 0.6) is 5.75 Å². The van der Waals surface area contributed by atoms with E-state index in [4.69, 9.17) is 10.5 Å². The summed E-state index contributed by atoms with van der Waals surface area (Å²) in [5.41, 5.74) is 8.09. The lowest BCUT2D eigenvalue weighted by Gasteiger charge is -2.04. The fraction of sp³-hybridized carbons (Fsp3) is 0.118. The summed E-state index contributed by atoms with van der Waals surface area (Å²) >= 11 is 0. The van der Waals surface area contributed by atoms with Gasteiger partial charge in [-0.1, -0.05) is 11.8 Å². The summed E-state index contributed by atoms with van der Waals surface area (Å²) in [6, 6.07) is 14.5. The molecule has 4 heteroatoms. The number of anilines is 1. The van der Waals surface area contributed by atoms with Crippen molar-refractivity contribution < 1.29 is 14.3 Å². The standard InChI is InChI=1S/C17H15NO3/c1-20-17(19)12-21-16-10-6-14(7-11-16)3-2-13-4-8-15(18)9-5-13/h4-11H,12,18H2,1H3. The van der Waals surface area contributed by atoms with Gasteiger partial charge in [-0.3, -0.25) is 0 Å². The molecule has 0 radical (unpaired) electrons. The molecule has 0 saturated carbocycles. The first-order chi connectivity index (χ1) is 10.2. The van der Waals surface area contributed by atoms with E-state index in [0.29, 0.717) is 11.4 Å². The largest absolute Gasteiger partial charge is 0.482 e. The van der Waals surface area contributed by atoms with E-state index in [9.17, 15) is 4.79 Å². The fourth-order valence-corrected chi connectivity index (χ4v) is 1.55. The minimum atomic E-state index is -0.415.